The fourth-order valence-electron chi connectivity index (χ4n) is 2.80. The van der Waals surface area contributed by atoms with Crippen molar-refractivity contribution in [3.63, 3.8) is 0 Å². The number of fused-ring (bicyclic) bond motifs is 1. The summed E-state index contributed by atoms with van der Waals surface area (Å²) in [5, 5.41) is 4.73. The topological polar surface area (TPSA) is 26.2 Å². The van der Waals surface area contributed by atoms with Crippen molar-refractivity contribution in [3.8, 4) is 0 Å². The number of anilines is 2. The number of para-hydroxylation sites is 1. The minimum Gasteiger partial charge on any atom is -0.241 e. The van der Waals surface area contributed by atoms with Crippen LogP contribution in [0.2, 0.25) is 0 Å². The quantitative estimate of drug-likeness (QED) is 0.732. The van der Waals surface area contributed by atoms with E-state index < -0.39 is 0 Å². The van der Waals surface area contributed by atoms with Crippen molar-refractivity contribution < 1.29 is 4.98 Å². The Labute approximate surface area is 119 Å². The maximum atomic E-state index is 3.49. The number of aromatic amines is 1. The van der Waals surface area contributed by atoms with Crippen LogP contribution < -0.4 is 10.3 Å². The number of aromatic nitrogens is 1. The van der Waals surface area contributed by atoms with Gasteiger partial charge in [0.25, 0.3) is 5.82 Å². The molecule has 0 aliphatic carbocycles. The Bertz CT molecular complexity index is 761. The van der Waals surface area contributed by atoms with Crippen LogP contribution >= 0.6 is 0 Å². The van der Waals surface area contributed by atoms with Crippen LogP contribution in [0.3, 0.4) is 0 Å². The number of rotatable bonds is 2. The molecule has 0 spiro atoms. The monoisotopic (exact) mass is 263 g/mol. The molecular weight excluding hydrogens is 244 g/mol. The fraction of sp³-hybridized carbons (Fsp3) is 0.167. The highest BCUT2D eigenvalue weighted by atomic mass is 15.0. The lowest BCUT2D eigenvalue weighted by atomic mass is 10.0. The summed E-state index contributed by atoms with van der Waals surface area (Å²) >= 11 is 0. The van der Waals surface area contributed by atoms with Crippen LogP contribution in [0.25, 0.3) is 10.9 Å². The van der Waals surface area contributed by atoms with Crippen LogP contribution in [0.5, 0.6) is 0 Å². The summed E-state index contributed by atoms with van der Waals surface area (Å²) in [6, 6.07) is 16.8. The third kappa shape index (κ3) is 2.37. The van der Waals surface area contributed by atoms with Crippen LogP contribution in [0.4, 0.5) is 11.5 Å². The molecule has 0 atom stereocenters. The molecule has 100 valence electrons. The molecule has 0 saturated carbocycles. The normalized spacial score (nSPS) is 10.8. The summed E-state index contributed by atoms with van der Waals surface area (Å²) < 4.78 is 0. The zero-order valence-corrected chi connectivity index (χ0v) is 12.1. The van der Waals surface area contributed by atoms with E-state index >= 15 is 0 Å². The third-order valence-electron chi connectivity index (χ3n) is 3.56. The van der Waals surface area contributed by atoms with E-state index in [2.05, 4.69) is 61.4 Å². The summed E-state index contributed by atoms with van der Waals surface area (Å²) in [6.07, 6.45) is 0. The highest BCUT2D eigenvalue weighted by Gasteiger charge is 2.10. The number of hydrogen-bond donors (Lipinski definition) is 1. The molecule has 0 radical (unpaired) electrons. The molecular formula is C18H19N2+. The molecule has 1 aromatic heterocycles. The molecule has 0 aliphatic rings. The Morgan fingerprint density at radius 1 is 0.850 bits per heavy atom. The molecule has 0 unspecified atom stereocenters. The number of benzene rings is 2. The Morgan fingerprint density at radius 3 is 2.30 bits per heavy atom. The standard InChI is InChI=1S/C18H18N2/c1-12-9-13(2)18-14(3)11-17(20-16(18)10-12)19-15-7-5-4-6-8-15/h4-11H,1-3H3,(H,19,20)/p+1. The lowest BCUT2D eigenvalue weighted by Crippen LogP contribution is -2.12. The van der Waals surface area contributed by atoms with Gasteiger partial charge in [-0.25, -0.2) is 10.3 Å². The van der Waals surface area contributed by atoms with Crippen LogP contribution in [-0.2, 0) is 0 Å². The molecule has 0 saturated heterocycles. The lowest BCUT2D eigenvalue weighted by molar-refractivity contribution is -0.326. The van der Waals surface area contributed by atoms with Gasteiger partial charge in [0.15, 0.2) is 0 Å². The second-order valence-corrected chi connectivity index (χ2v) is 5.36. The Kier molecular flexibility index (Phi) is 3.15. The van der Waals surface area contributed by atoms with Gasteiger partial charge in [0.05, 0.1) is 0 Å². The van der Waals surface area contributed by atoms with Crippen LogP contribution in [0.15, 0.2) is 48.5 Å². The highest BCUT2D eigenvalue weighted by Crippen LogP contribution is 2.23. The van der Waals surface area contributed by atoms with Gasteiger partial charge in [0, 0.05) is 11.5 Å². The van der Waals surface area contributed by atoms with Gasteiger partial charge in [-0.2, -0.15) is 0 Å². The maximum absolute atomic E-state index is 3.49. The van der Waals surface area contributed by atoms with E-state index in [1.54, 1.807) is 0 Å². The van der Waals surface area contributed by atoms with E-state index in [0.29, 0.717) is 0 Å². The van der Waals surface area contributed by atoms with Gasteiger partial charge < -0.3 is 0 Å². The SMILES string of the molecule is Cc1cc(C)c2c(C)cc(Nc3ccccc3)[nH+]c2c1. The first-order valence-corrected chi connectivity index (χ1v) is 6.89. The molecule has 3 rings (SSSR count). The van der Waals surface area contributed by atoms with Crippen molar-refractivity contribution in [2.75, 3.05) is 5.32 Å². The van der Waals surface area contributed by atoms with Gasteiger partial charge in [-0.05, 0) is 55.7 Å². The molecule has 0 fully saturated rings. The minimum atomic E-state index is 1.02. The highest BCUT2D eigenvalue weighted by molar-refractivity contribution is 5.84. The number of H-pyrrole nitrogens is 1. The van der Waals surface area contributed by atoms with Crippen LogP contribution in [0.1, 0.15) is 16.7 Å². The van der Waals surface area contributed by atoms with Crippen molar-refractivity contribution >= 4 is 22.4 Å². The van der Waals surface area contributed by atoms with Gasteiger partial charge in [-0.3, -0.25) is 0 Å². The summed E-state index contributed by atoms with van der Waals surface area (Å²) in [6.45, 7) is 6.46. The number of hydrogen-bond acceptors (Lipinski definition) is 1. The Balaban J connectivity index is 2.10. The maximum Gasteiger partial charge on any atom is 0.278 e. The van der Waals surface area contributed by atoms with Crippen molar-refractivity contribution in [1.82, 2.24) is 0 Å². The van der Waals surface area contributed by atoms with Gasteiger partial charge in [-0.15, -0.1) is 0 Å². The average Bonchev–Trinajstić information content (AvgIpc) is 2.38. The van der Waals surface area contributed by atoms with E-state index in [1.165, 1.54) is 27.6 Å². The fourth-order valence-corrected chi connectivity index (χ4v) is 2.80. The molecule has 1 heterocycles. The number of nitrogens with one attached hydrogen (secondary N) is 2. The summed E-state index contributed by atoms with van der Waals surface area (Å²) in [7, 11) is 0. The van der Waals surface area contributed by atoms with Crippen molar-refractivity contribution in [2.45, 2.75) is 20.8 Å². The number of pyridine rings is 1. The number of aryl methyl sites for hydroxylation is 3. The van der Waals surface area contributed by atoms with E-state index in [0.717, 1.165) is 11.5 Å². The second-order valence-electron chi connectivity index (χ2n) is 5.36. The van der Waals surface area contributed by atoms with Gasteiger partial charge >= 0.3 is 0 Å². The molecule has 2 nitrogen and oxygen atoms in total. The Hall–Kier alpha value is -2.35. The zero-order chi connectivity index (χ0) is 14.1. The molecule has 3 aromatic rings. The second kappa shape index (κ2) is 4.97. The predicted octanol–water partition coefficient (Wildman–Crippen LogP) is 4.32. The summed E-state index contributed by atoms with van der Waals surface area (Å²) in [5.74, 6) is 1.02. The molecule has 2 heteroatoms. The molecule has 2 aromatic carbocycles. The van der Waals surface area contributed by atoms with E-state index in [1.807, 2.05) is 18.2 Å². The van der Waals surface area contributed by atoms with E-state index in [4.69, 9.17) is 0 Å². The molecule has 0 aliphatic heterocycles. The average molecular weight is 263 g/mol. The van der Waals surface area contributed by atoms with Crippen molar-refractivity contribution in [3.05, 3.63) is 65.2 Å². The first-order chi connectivity index (χ1) is 9.63. The summed E-state index contributed by atoms with van der Waals surface area (Å²) in [5.41, 5.74) is 6.16. The van der Waals surface area contributed by atoms with Crippen molar-refractivity contribution in [1.29, 1.82) is 0 Å². The predicted molar refractivity (Wildman–Crippen MR) is 84.4 cm³/mol. The van der Waals surface area contributed by atoms with Crippen LogP contribution in [0, 0.1) is 20.8 Å². The first kappa shape index (κ1) is 12.7. The first-order valence-electron chi connectivity index (χ1n) is 6.89. The van der Waals surface area contributed by atoms with Crippen LogP contribution in [-0.4, -0.2) is 0 Å². The van der Waals surface area contributed by atoms with Gasteiger partial charge in [0.1, 0.15) is 11.2 Å². The van der Waals surface area contributed by atoms with E-state index in [9.17, 15) is 0 Å². The Morgan fingerprint density at radius 2 is 1.55 bits per heavy atom. The zero-order valence-electron chi connectivity index (χ0n) is 12.1. The molecule has 0 amide bonds. The van der Waals surface area contributed by atoms with Gasteiger partial charge in [-0.1, -0.05) is 24.3 Å². The smallest absolute Gasteiger partial charge is 0.241 e. The summed E-state index contributed by atoms with van der Waals surface area (Å²) in [4.78, 5) is 3.49. The molecule has 2 N–H and O–H groups in total. The largest absolute Gasteiger partial charge is 0.278 e. The minimum absolute atomic E-state index is 1.02. The molecule has 0 bridgehead atoms. The lowest BCUT2D eigenvalue weighted by Gasteiger charge is -2.07. The third-order valence-corrected chi connectivity index (χ3v) is 3.56. The van der Waals surface area contributed by atoms with Gasteiger partial charge in [0.2, 0.25) is 0 Å². The molecule has 20 heavy (non-hydrogen) atoms. The van der Waals surface area contributed by atoms with E-state index in [-0.39, 0.29) is 0 Å². The van der Waals surface area contributed by atoms with Crippen molar-refractivity contribution in [2.24, 2.45) is 0 Å².